The molecule has 0 radical (unpaired) electrons. The van der Waals surface area contributed by atoms with Crippen LogP contribution in [0.1, 0.15) is 13.3 Å². The molecule has 1 unspecified atom stereocenters. The van der Waals surface area contributed by atoms with Gasteiger partial charge in [0.05, 0.1) is 0 Å². The molecule has 3 fully saturated rings. The van der Waals surface area contributed by atoms with Crippen LogP contribution < -0.4 is 11.1 Å². The molecule has 10 heteroatoms. The van der Waals surface area contributed by atoms with Gasteiger partial charge in [-0.3, -0.25) is 0 Å². The first kappa shape index (κ1) is 22.2. The number of halogens is 2. The zero-order valence-corrected chi connectivity index (χ0v) is 17.0. The minimum atomic E-state index is -3.12. The summed E-state index contributed by atoms with van der Waals surface area (Å²) in [5.41, 5.74) is 5.50. The molecule has 3 rings (SSSR count). The van der Waals surface area contributed by atoms with Crippen LogP contribution in [0.2, 0.25) is 0 Å². The molecule has 3 N–H and O–H groups in total. The molecule has 128 valence electrons. The molecule has 0 amide bonds. The minimum absolute atomic E-state index is 0. The topological polar surface area (TPSA) is 69.0 Å². The zero-order chi connectivity index (χ0) is 13.6. The van der Waals surface area contributed by atoms with E-state index in [0.29, 0.717) is 0 Å². The Morgan fingerprint density at radius 2 is 1.67 bits per heavy atom. The van der Waals surface area contributed by atoms with Gasteiger partial charge in [0.25, 0.3) is 0 Å². The smallest absolute Gasteiger partial charge is 0.147 e. The van der Waals surface area contributed by atoms with Gasteiger partial charge in [0.1, 0.15) is 0 Å². The largest absolute Gasteiger partial charge is 0.147 e. The third kappa shape index (κ3) is 7.56. The minimum Gasteiger partial charge on any atom is -0.147 e. The van der Waals surface area contributed by atoms with Gasteiger partial charge in [-0.15, -0.1) is 24.8 Å². The zero-order valence-electron chi connectivity index (χ0n) is 12.4. The van der Waals surface area contributed by atoms with Gasteiger partial charge in [-0.05, 0) is 0 Å². The Morgan fingerprint density at radius 3 is 2.14 bits per heavy atom. The fraction of sp³-hybridized carbons (Fsp3) is 1.00. The molecule has 21 heavy (non-hydrogen) atoms. The Bertz CT molecular complexity index is 259. The van der Waals surface area contributed by atoms with Crippen molar-refractivity contribution in [2.24, 2.45) is 5.73 Å². The molecule has 0 aromatic rings. The quantitative estimate of drug-likeness (QED) is 0.369. The van der Waals surface area contributed by atoms with Crippen LogP contribution in [0.4, 0.5) is 0 Å². The summed E-state index contributed by atoms with van der Waals surface area (Å²) in [7, 11) is 1.74. The van der Waals surface area contributed by atoms with E-state index in [1.54, 1.807) is 10.1 Å². The van der Waals surface area contributed by atoms with E-state index < -0.39 is 13.1 Å². The van der Waals surface area contributed by atoms with E-state index in [4.69, 9.17) is 17.0 Å². The molecular formula is C11H27Cl2GeN3O3S. The first-order valence-corrected chi connectivity index (χ1v) is 13.0. The predicted octanol–water partition coefficient (Wildman–Crippen LogP) is 0.662. The van der Waals surface area contributed by atoms with E-state index in [2.05, 4.69) is 17.1 Å². The Balaban J connectivity index is 0.00000200. The third-order valence-corrected chi connectivity index (χ3v) is 13.4. The molecule has 3 aliphatic heterocycles. The van der Waals surface area contributed by atoms with Crippen molar-refractivity contribution in [1.82, 2.24) is 10.2 Å². The molecule has 0 aromatic heterocycles. The van der Waals surface area contributed by atoms with Crippen molar-refractivity contribution >= 4 is 48.0 Å². The van der Waals surface area contributed by atoms with E-state index in [-0.39, 0.29) is 30.2 Å². The van der Waals surface area contributed by atoms with E-state index in [0.717, 1.165) is 59.0 Å². The van der Waals surface area contributed by atoms with Crippen LogP contribution in [0.15, 0.2) is 0 Å². The summed E-state index contributed by atoms with van der Waals surface area (Å²) in [4.78, 5) is 2.33. The Kier molecular flexibility index (Phi) is 12.4. The van der Waals surface area contributed by atoms with Crippen molar-refractivity contribution in [2.75, 3.05) is 52.5 Å². The summed E-state index contributed by atoms with van der Waals surface area (Å²) >= 11 is -3.12. The average molecular weight is 425 g/mol. The van der Waals surface area contributed by atoms with Crippen molar-refractivity contribution in [1.29, 1.82) is 0 Å². The van der Waals surface area contributed by atoms with Gasteiger partial charge in [0.15, 0.2) is 0 Å². The van der Waals surface area contributed by atoms with Gasteiger partial charge >= 0.3 is 122 Å². The Labute approximate surface area is 146 Å². The maximum atomic E-state index is 6.02. The summed E-state index contributed by atoms with van der Waals surface area (Å²) in [5.74, 6) is 0. The fourth-order valence-corrected chi connectivity index (χ4v) is 11.5. The van der Waals surface area contributed by atoms with Crippen molar-refractivity contribution < 1.29 is 11.3 Å². The fourth-order valence-electron chi connectivity index (χ4n) is 2.13. The van der Waals surface area contributed by atoms with Gasteiger partial charge in [-0.25, -0.2) is 0 Å². The number of fused-ring (bicyclic) bond motifs is 6. The normalized spacial score (nSPS) is 30.3. The SMILES string of the molecule is CC(NCCCN)[S][Ge]12[O]CCN(CC[O]1)CC[O]2.Cl.Cl. The summed E-state index contributed by atoms with van der Waals surface area (Å²) in [5, 5.41) is 3.72. The van der Waals surface area contributed by atoms with Gasteiger partial charge in [0.2, 0.25) is 0 Å². The van der Waals surface area contributed by atoms with E-state index in [1.165, 1.54) is 0 Å². The molecule has 3 saturated heterocycles. The van der Waals surface area contributed by atoms with E-state index in [1.807, 2.05) is 0 Å². The average Bonchev–Trinajstić information content (AvgIpc) is 2.31. The molecule has 3 aliphatic rings. The van der Waals surface area contributed by atoms with Gasteiger partial charge in [-0.2, -0.15) is 0 Å². The van der Waals surface area contributed by atoms with Crippen LogP contribution in [0, 0.1) is 0 Å². The maximum absolute atomic E-state index is 6.02. The number of nitrogens with zero attached hydrogens (tertiary/aromatic N) is 1. The van der Waals surface area contributed by atoms with Crippen molar-refractivity contribution in [2.45, 2.75) is 18.7 Å². The summed E-state index contributed by atoms with van der Waals surface area (Å²) in [6, 6.07) is 0. The van der Waals surface area contributed by atoms with Crippen molar-refractivity contribution in [3.8, 4) is 0 Å². The van der Waals surface area contributed by atoms with Crippen molar-refractivity contribution in [3.63, 3.8) is 0 Å². The summed E-state index contributed by atoms with van der Waals surface area (Å²) in [6.07, 6.45) is 0.989. The number of nitrogens with one attached hydrogen (secondary N) is 1. The van der Waals surface area contributed by atoms with Gasteiger partial charge in [-0.1, -0.05) is 0 Å². The Hall–Kier alpha value is 1.23. The molecule has 0 spiro atoms. The van der Waals surface area contributed by atoms with Crippen molar-refractivity contribution in [3.05, 3.63) is 0 Å². The van der Waals surface area contributed by atoms with E-state index in [9.17, 15) is 0 Å². The van der Waals surface area contributed by atoms with Crippen LogP contribution in [0.5, 0.6) is 0 Å². The van der Waals surface area contributed by atoms with E-state index >= 15 is 0 Å². The third-order valence-electron chi connectivity index (χ3n) is 3.19. The number of rotatable bonds is 6. The number of hydrogen-bond donors (Lipinski definition) is 2. The number of hydrogen-bond acceptors (Lipinski definition) is 7. The molecule has 6 nitrogen and oxygen atoms in total. The van der Waals surface area contributed by atoms with Crippen LogP contribution in [0.3, 0.4) is 0 Å². The Morgan fingerprint density at radius 1 is 1.14 bits per heavy atom. The molecule has 0 saturated carbocycles. The molecular weight excluding hydrogens is 398 g/mol. The summed E-state index contributed by atoms with van der Waals surface area (Å²) in [6.45, 7) is 8.95. The molecule has 1 atom stereocenters. The molecule has 0 aliphatic carbocycles. The molecule has 2 bridgehead atoms. The summed E-state index contributed by atoms with van der Waals surface area (Å²) < 4.78 is 18.1. The predicted molar refractivity (Wildman–Crippen MR) is 93.3 cm³/mol. The first-order valence-electron chi connectivity index (χ1n) is 6.99. The molecule has 0 aromatic carbocycles. The first-order chi connectivity index (χ1) is 9.24. The van der Waals surface area contributed by atoms with Crippen LogP contribution >= 0.6 is 34.9 Å². The second-order valence-electron chi connectivity index (χ2n) is 4.74. The molecule has 3 heterocycles. The second kappa shape index (κ2) is 11.7. The monoisotopic (exact) mass is 425 g/mol. The maximum Gasteiger partial charge on any atom is -0.147 e. The van der Waals surface area contributed by atoms with Crippen LogP contribution in [-0.2, 0) is 11.3 Å². The standard InChI is InChI=1S/C11H25GeN3O3S.2ClH/c1-11(14-4-2-3-13)19-12-16-8-5-15(6-9-17-12)7-10-18-12;;/h11,14H,2-10,13H2,1H3;2*1H. The van der Waals surface area contributed by atoms with Gasteiger partial charge in [0, 0.05) is 0 Å². The van der Waals surface area contributed by atoms with Crippen LogP contribution in [0.25, 0.3) is 0 Å². The number of nitrogens with two attached hydrogens (primary N) is 1. The van der Waals surface area contributed by atoms with Crippen LogP contribution in [-0.4, -0.2) is 76.0 Å². The van der Waals surface area contributed by atoms with Gasteiger partial charge < -0.3 is 0 Å². The second-order valence-corrected chi connectivity index (χ2v) is 13.7.